The van der Waals surface area contributed by atoms with Gasteiger partial charge in [-0.3, -0.25) is 9.59 Å². The van der Waals surface area contributed by atoms with Gasteiger partial charge in [-0.25, -0.2) is 0 Å². The number of nitriles is 1. The van der Waals surface area contributed by atoms with Gasteiger partial charge in [-0.2, -0.15) is 28.4 Å². The van der Waals surface area contributed by atoms with E-state index in [9.17, 15) is 28.0 Å². The second kappa shape index (κ2) is 11.7. The number of nitrogens with zero attached hydrogens (tertiary/aromatic N) is 3. The highest BCUT2D eigenvalue weighted by molar-refractivity contribution is 5.89. The molecule has 0 unspecified atom stereocenters. The minimum Gasteiger partial charge on any atom is -0.477 e. The van der Waals surface area contributed by atoms with Crippen molar-refractivity contribution in [3.63, 3.8) is 0 Å². The number of hydrogen-bond acceptors (Lipinski definition) is 9. The number of Topliss-reactive ketones (excluding diaryl/α,β-unsaturated/α-hetero) is 1. The molecule has 1 aromatic heterocycles. The average Bonchev–Trinajstić information content (AvgIpc) is 2.70. The van der Waals surface area contributed by atoms with Crippen LogP contribution in [-0.4, -0.2) is 41.0 Å². The lowest BCUT2D eigenvalue weighted by Gasteiger charge is -2.19. The number of halogens is 3. The number of ether oxygens (including phenoxy) is 2. The molecule has 2 rings (SSSR count). The van der Waals surface area contributed by atoms with Gasteiger partial charge in [0.2, 0.25) is 11.8 Å². The van der Waals surface area contributed by atoms with Crippen molar-refractivity contribution >= 4 is 23.5 Å². The zero-order valence-electron chi connectivity index (χ0n) is 17.2. The smallest absolute Gasteiger partial charge is 0.416 e. The number of esters is 1. The first kappa shape index (κ1) is 27.2. The summed E-state index contributed by atoms with van der Waals surface area (Å²) in [5.41, 5.74) is 4.71. The Morgan fingerprint density at radius 2 is 2.00 bits per heavy atom. The van der Waals surface area contributed by atoms with Crippen LogP contribution in [0.15, 0.2) is 24.3 Å². The van der Waals surface area contributed by atoms with Crippen LogP contribution in [0, 0.1) is 11.3 Å². The molecule has 1 heterocycles. The van der Waals surface area contributed by atoms with E-state index in [0.717, 1.165) is 19.1 Å². The second-order valence-electron chi connectivity index (χ2n) is 6.50. The molecule has 0 aliphatic heterocycles. The molecule has 0 saturated heterocycles. The van der Waals surface area contributed by atoms with E-state index in [1.54, 1.807) is 6.92 Å². The van der Waals surface area contributed by atoms with Crippen LogP contribution >= 0.6 is 0 Å². The molecule has 9 nitrogen and oxygen atoms in total. The molecule has 0 radical (unpaired) electrons. The first-order valence-corrected chi connectivity index (χ1v) is 9.34. The summed E-state index contributed by atoms with van der Waals surface area (Å²) in [6.07, 6.45) is -4.96. The van der Waals surface area contributed by atoms with E-state index in [0.29, 0.717) is 0 Å². The highest BCUT2D eigenvalue weighted by Crippen LogP contribution is 2.30. The van der Waals surface area contributed by atoms with E-state index in [1.165, 1.54) is 12.1 Å². The highest BCUT2D eigenvalue weighted by Gasteiger charge is 2.31. The largest absolute Gasteiger partial charge is 0.477 e. The zero-order valence-corrected chi connectivity index (χ0v) is 17.2. The molecular weight excluding hydrogens is 443 g/mol. The van der Waals surface area contributed by atoms with E-state index in [1.807, 2.05) is 6.07 Å². The maximum absolute atomic E-state index is 13.0. The fourth-order valence-electron chi connectivity index (χ4n) is 2.67. The van der Waals surface area contributed by atoms with Gasteiger partial charge in [0.05, 0.1) is 12.2 Å². The molecule has 0 aliphatic carbocycles. The predicted octanol–water partition coefficient (Wildman–Crippen LogP) is 3.14. The van der Waals surface area contributed by atoms with E-state index < -0.39 is 42.6 Å². The maximum atomic E-state index is 13.0. The van der Waals surface area contributed by atoms with Gasteiger partial charge in [-0.1, -0.05) is 25.6 Å². The number of nitrogens with one attached hydrogen (secondary N) is 1. The van der Waals surface area contributed by atoms with Gasteiger partial charge < -0.3 is 20.5 Å². The van der Waals surface area contributed by atoms with Gasteiger partial charge in [0, 0.05) is 13.3 Å². The maximum Gasteiger partial charge on any atom is 0.416 e. The molecule has 0 saturated carbocycles. The lowest BCUT2D eigenvalue weighted by atomic mass is 10.0. The molecule has 178 valence electrons. The fourth-order valence-corrected chi connectivity index (χ4v) is 2.67. The van der Waals surface area contributed by atoms with Gasteiger partial charge in [0.1, 0.15) is 18.7 Å². The van der Waals surface area contributed by atoms with Gasteiger partial charge in [0.15, 0.2) is 17.2 Å². The minimum atomic E-state index is -4.57. The van der Waals surface area contributed by atoms with Gasteiger partial charge in [0.25, 0.3) is 0 Å². The molecule has 0 amide bonds. The van der Waals surface area contributed by atoms with Crippen molar-refractivity contribution in [1.82, 2.24) is 9.97 Å². The first-order chi connectivity index (χ1) is 15.0. The zero-order chi connectivity index (χ0) is 23.9. The van der Waals surface area contributed by atoms with E-state index >= 15 is 0 Å². The average molecular weight is 467 g/mol. The summed E-state index contributed by atoms with van der Waals surface area (Å²) >= 11 is 0. The van der Waals surface area contributed by atoms with Crippen LogP contribution in [0.3, 0.4) is 0 Å². The van der Waals surface area contributed by atoms with Crippen molar-refractivity contribution in [1.29, 1.82) is 5.26 Å². The van der Waals surface area contributed by atoms with Crippen molar-refractivity contribution in [2.45, 2.75) is 39.9 Å². The molecule has 1 atom stereocenters. The van der Waals surface area contributed by atoms with Crippen LogP contribution in [0.25, 0.3) is 0 Å². The van der Waals surface area contributed by atoms with Crippen molar-refractivity contribution in [2.75, 3.05) is 24.3 Å². The normalized spacial score (nSPS) is 11.5. The first-order valence-electron chi connectivity index (χ1n) is 9.34. The third-order valence-electron chi connectivity index (χ3n) is 4.07. The fraction of sp³-hybridized carbons (Fsp3) is 0.381. The summed E-state index contributed by atoms with van der Waals surface area (Å²) in [6.45, 7) is 2.52. The number of carbonyl (C=O) groups excluding carboxylic acids is 2. The molecule has 0 spiro atoms. The summed E-state index contributed by atoms with van der Waals surface area (Å²) in [6, 6.07) is 4.92. The number of anilines is 2. The molecule has 33 heavy (non-hydrogen) atoms. The van der Waals surface area contributed by atoms with Gasteiger partial charge in [-0.15, -0.1) is 0 Å². The van der Waals surface area contributed by atoms with Crippen molar-refractivity contribution in [3.05, 3.63) is 41.0 Å². The standard InChI is InChI=1S/C20H20F3N5O4.CH4/c1-3-31-18-14(9-24)17(27-19(25)28-18)26-15(10-32-11(2)29)16(30)8-12-5-4-6-13(7-12)20(21,22)23;/h4-7,15H,3,8,10H2,1-2H3,(H3,25,26,27,28);1H4/t15-;/m0./s1. The Bertz CT molecular complexity index is 1040. The van der Waals surface area contributed by atoms with Crippen LogP contribution in [-0.2, 0) is 26.9 Å². The second-order valence-corrected chi connectivity index (χ2v) is 6.50. The number of hydrogen-bond donors (Lipinski definition) is 2. The molecular formula is C21H24F3N5O4. The van der Waals surface area contributed by atoms with Crippen molar-refractivity contribution < 1.29 is 32.2 Å². The molecule has 2 aromatic rings. The van der Waals surface area contributed by atoms with Crippen LogP contribution in [0.5, 0.6) is 5.88 Å². The Labute approximate surface area is 188 Å². The number of benzene rings is 1. The van der Waals surface area contributed by atoms with Gasteiger partial charge >= 0.3 is 12.1 Å². The Kier molecular flexibility index (Phi) is 9.59. The highest BCUT2D eigenvalue weighted by atomic mass is 19.4. The van der Waals surface area contributed by atoms with Crippen molar-refractivity contribution in [3.8, 4) is 11.9 Å². The predicted molar refractivity (Wildman–Crippen MR) is 113 cm³/mol. The summed E-state index contributed by atoms with van der Waals surface area (Å²) in [5.74, 6) is -1.78. The molecule has 0 bridgehead atoms. The number of nitrogen functional groups attached to an aromatic ring is 1. The minimum absolute atomic E-state index is 0. The monoisotopic (exact) mass is 467 g/mol. The number of ketones is 1. The lowest BCUT2D eigenvalue weighted by molar-refractivity contribution is -0.142. The van der Waals surface area contributed by atoms with Crippen LogP contribution < -0.4 is 15.8 Å². The molecule has 3 N–H and O–H groups in total. The summed E-state index contributed by atoms with van der Waals surface area (Å²) in [4.78, 5) is 31.8. The van der Waals surface area contributed by atoms with E-state index in [4.69, 9.17) is 15.2 Å². The summed E-state index contributed by atoms with van der Waals surface area (Å²) < 4.78 is 49.0. The Balaban J connectivity index is 0.00000544. The quantitative estimate of drug-likeness (QED) is 0.532. The molecule has 12 heteroatoms. The Morgan fingerprint density at radius 1 is 1.30 bits per heavy atom. The molecule has 0 aliphatic rings. The lowest BCUT2D eigenvalue weighted by Crippen LogP contribution is -2.36. The number of alkyl halides is 3. The topological polar surface area (TPSA) is 140 Å². The number of aromatic nitrogens is 2. The van der Waals surface area contributed by atoms with Gasteiger partial charge in [-0.05, 0) is 18.6 Å². The van der Waals surface area contributed by atoms with E-state index in [2.05, 4.69) is 15.3 Å². The van der Waals surface area contributed by atoms with Crippen molar-refractivity contribution in [2.24, 2.45) is 0 Å². The third kappa shape index (κ3) is 7.64. The van der Waals surface area contributed by atoms with Crippen LogP contribution in [0.1, 0.15) is 38.0 Å². The van der Waals surface area contributed by atoms with Crippen LogP contribution in [0.2, 0.25) is 0 Å². The SMILES string of the molecule is C.CCOc1nc(N)nc(N[C@@H](COC(C)=O)C(=O)Cc2cccc(C(F)(F)F)c2)c1C#N. The number of carbonyl (C=O) groups is 2. The summed E-state index contributed by atoms with van der Waals surface area (Å²) in [5, 5.41) is 12.1. The third-order valence-corrected chi connectivity index (χ3v) is 4.07. The Hall–Kier alpha value is -3.88. The number of nitrogens with two attached hydrogens (primary N) is 1. The Morgan fingerprint density at radius 3 is 2.58 bits per heavy atom. The van der Waals surface area contributed by atoms with E-state index in [-0.39, 0.29) is 42.8 Å². The van der Waals surface area contributed by atoms with Crippen LogP contribution in [0.4, 0.5) is 24.9 Å². The summed E-state index contributed by atoms with van der Waals surface area (Å²) in [7, 11) is 0. The molecule has 0 fully saturated rings. The number of rotatable bonds is 9. The molecule has 1 aromatic carbocycles.